The van der Waals surface area contributed by atoms with Crippen molar-refractivity contribution in [1.29, 1.82) is 0 Å². The van der Waals surface area contributed by atoms with Gasteiger partial charge in [0, 0.05) is 5.54 Å². The van der Waals surface area contributed by atoms with E-state index in [-0.39, 0.29) is 11.6 Å². The Bertz CT molecular complexity index is 378. The van der Waals surface area contributed by atoms with Crippen molar-refractivity contribution in [3.8, 4) is 5.75 Å². The Hall–Kier alpha value is -1.06. The van der Waals surface area contributed by atoms with Crippen molar-refractivity contribution < 1.29 is 4.74 Å². The van der Waals surface area contributed by atoms with Crippen molar-refractivity contribution in [2.75, 3.05) is 20.1 Å². The topological polar surface area (TPSA) is 38.5 Å². The second-order valence-electron chi connectivity index (χ2n) is 5.65. The Labute approximate surface area is 110 Å². The average molecular weight is 248 g/mol. The van der Waals surface area contributed by atoms with Gasteiger partial charge in [-0.05, 0) is 64.5 Å². The van der Waals surface area contributed by atoms with Gasteiger partial charge in [-0.25, -0.2) is 0 Å². The van der Waals surface area contributed by atoms with Crippen LogP contribution in [0.25, 0.3) is 0 Å². The summed E-state index contributed by atoms with van der Waals surface area (Å²) in [5.41, 5.74) is 7.59. The van der Waals surface area contributed by atoms with Crippen LogP contribution in [-0.2, 0) is 5.54 Å². The van der Waals surface area contributed by atoms with Gasteiger partial charge < -0.3 is 15.4 Å². The van der Waals surface area contributed by atoms with Crippen LogP contribution in [0.1, 0.15) is 32.3 Å². The first kappa shape index (κ1) is 13.4. The molecule has 3 heteroatoms. The van der Waals surface area contributed by atoms with Gasteiger partial charge in [-0.1, -0.05) is 12.1 Å². The molecule has 2 N–H and O–H groups in total. The summed E-state index contributed by atoms with van der Waals surface area (Å²) < 4.78 is 5.66. The lowest BCUT2D eigenvalue weighted by atomic mass is 9.82. The van der Waals surface area contributed by atoms with E-state index in [0.717, 1.165) is 31.7 Å². The van der Waals surface area contributed by atoms with Gasteiger partial charge in [0.1, 0.15) is 5.75 Å². The van der Waals surface area contributed by atoms with Gasteiger partial charge in [0.25, 0.3) is 0 Å². The summed E-state index contributed by atoms with van der Waals surface area (Å²) in [5, 5.41) is 0. The van der Waals surface area contributed by atoms with Gasteiger partial charge in [0.2, 0.25) is 0 Å². The van der Waals surface area contributed by atoms with E-state index in [0.29, 0.717) is 0 Å². The minimum Gasteiger partial charge on any atom is -0.491 e. The third kappa shape index (κ3) is 3.03. The first-order chi connectivity index (χ1) is 8.49. The standard InChI is InChI=1S/C15H24N2O/c1-12(2)18-14-6-4-13(5-7-14)15(16)8-10-17(3)11-9-15/h4-7,12H,8-11,16H2,1-3H3. The van der Waals surface area contributed by atoms with Crippen molar-refractivity contribution in [2.24, 2.45) is 5.73 Å². The molecule has 1 aromatic carbocycles. The summed E-state index contributed by atoms with van der Waals surface area (Å²) in [6.45, 7) is 6.21. The monoisotopic (exact) mass is 248 g/mol. The predicted octanol–water partition coefficient (Wildman–Crippen LogP) is 2.35. The van der Waals surface area contributed by atoms with Crippen LogP contribution >= 0.6 is 0 Å². The molecule has 0 unspecified atom stereocenters. The number of nitrogens with two attached hydrogens (primary N) is 1. The maximum absolute atomic E-state index is 6.53. The fraction of sp³-hybridized carbons (Fsp3) is 0.600. The molecule has 0 atom stereocenters. The van der Waals surface area contributed by atoms with E-state index in [1.54, 1.807) is 0 Å². The van der Waals surface area contributed by atoms with Crippen molar-refractivity contribution in [1.82, 2.24) is 4.90 Å². The van der Waals surface area contributed by atoms with Crippen LogP contribution in [0.2, 0.25) is 0 Å². The van der Waals surface area contributed by atoms with Crippen molar-refractivity contribution in [3.63, 3.8) is 0 Å². The van der Waals surface area contributed by atoms with Crippen LogP contribution in [-0.4, -0.2) is 31.1 Å². The summed E-state index contributed by atoms with van der Waals surface area (Å²) >= 11 is 0. The average Bonchev–Trinajstić information content (AvgIpc) is 2.33. The minimum absolute atomic E-state index is 0.164. The number of likely N-dealkylation sites (tertiary alicyclic amines) is 1. The molecule has 1 aliphatic heterocycles. The lowest BCUT2D eigenvalue weighted by Gasteiger charge is -2.38. The zero-order valence-corrected chi connectivity index (χ0v) is 11.6. The Balaban J connectivity index is 2.09. The lowest BCUT2D eigenvalue weighted by Crippen LogP contribution is -2.46. The molecule has 1 heterocycles. The van der Waals surface area contributed by atoms with E-state index >= 15 is 0 Å². The molecule has 1 aliphatic rings. The molecular weight excluding hydrogens is 224 g/mol. The molecule has 0 aromatic heterocycles. The minimum atomic E-state index is -0.164. The quantitative estimate of drug-likeness (QED) is 0.892. The number of nitrogens with zero attached hydrogens (tertiary/aromatic N) is 1. The summed E-state index contributed by atoms with van der Waals surface area (Å²) in [6, 6.07) is 8.29. The molecule has 0 bridgehead atoms. The fourth-order valence-corrected chi connectivity index (χ4v) is 2.44. The summed E-state index contributed by atoms with van der Waals surface area (Å²) in [7, 11) is 2.15. The highest BCUT2D eigenvalue weighted by Gasteiger charge is 2.31. The first-order valence-corrected chi connectivity index (χ1v) is 6.74. The second-order valence-corrected chi connectivity index (χ2v) is 5.65. The highest BCUT2D eigenvalue weighted by Crippen LogP contribution is 2.31. The van der Waals surface area contributed by atoms with Gasteiger partial charge in [0.15, 0.2) is 0 Å². The van der Waals surface area contributed by atoms with E-state index in [9.17, 15) is 0 Å². The molecule has 1 fully saturated rings. The normalized spacial score (nSPS) is 20.1. The summed E-state index contributed by atoms with van der Waals surface area (Å²) in [4.78, 5) is 2.33. The lowest BCUT2D eigenvalue weighted by molar-refractivity contribution is 0.191. The predicted molar refractivity (Wildman–Crippen MR) is 74.8 cm³/mol. The maximum atomic E-state index is 6.53. The summed E-state index contributed by atoms with van der Waals surface area (Å²) in [5.74, 6) is 0.922. The molecule has 0 amide bonds. The van der Waals surface area contributed by atoms with Crippen molar-refractivity contribution in [3.05, 3.63) is 29.8 Å². The molecule has 18 heavy (non-hydrogen) atoms. The van der Waals surface area contributed by atoms with Crippen LogP contribution in [0.15, 0.2) is 24.3 Å². The first-order valence-electron chi connectivity index (χ1n) is 6.74. The number of benzene rings is 1. The Morgan fingerprint density at radius 1 is 1.17 bits per heavy atom. The van der Waals surface area contributed by atoms with Crippen molar-refractivity contribution >= 4 is 0 Å². The van der Waals surface area contributed by atoms with E-state index in [1.165, 1.54) is 5.56 Å². The van der Waals surface area contributed by atoms with Gasteiger partial charge >= 0.3 is 0 Å². The Kier molecular flexibility index (Phi) is 3.93. The molecule has 3 nitrogen and oxygen atoms in total. The van der Waals surface area contributed by atoms with Gasteiger partial charge in [-0.2, -0.15) is 0 Å². The van der Waals surface area contributed by atoms with Gasteiger partial charge in [-0.15, -0.1) is 0 Å². The summed E-state index contributed by atoms with van der Waals surface area (Å²) in [6.07, 6.45) is 2.26. The molecule has 2 rings (SSSR count). The third-order valence-corrected chi connectivity index (χ3v) is 3.68. The zero-order valence-electron chi connectivity index (χ0n) is 11.6. The molecule has 100 valence electrons. The second kappa shape index (κ2) is 5.29. The highest BCUT2D eigenvalue weighted by atomic mass is 16.5. The molecule has 1 saturated heterocycles. The SMILES string of the molecule is CC(C)Oc1ccc(C2(N)CCN(C)CC2)cc1. The molecule has 0 radical (unpaired) electrons. The molecule has 0 spiro atoms. The zero-order chi connectivity index (χ0) is 13.2. The molecule has 0 saturated carbocycles. The number of hydrogen-bond acceptors (Lipinski definition) is 3. The number of ether oxygens (including phenoxy) is 1. The largest absolute Gasteiger partial charge is 0.491 e. The van der Waals surface area contributed by atoms with Crippen LogP contribution < -0.4 is 10.5 Å². The highest BCUT2D eigenvalue weighted by molar-refractivity contribution is 5.32. The van der Waals surface area contributed by atoms with Crippen LogP contribution in [0.3, 0.4) is 0 Å². The number of hydrogen-bond donors (Lipinski definition) is 1. The number of rotatable bonds is 3. The van der Waals surface area contributed by atoms with Crippen LogP contribution in [0.4, 0.5) is 0 Å². The van der Waals surface area contributed by atoms with E-state index in [4.69, 9.17) is 10.5 Å². The third-order valence-electron chi connectivity index (χ3n) is 3.68. The molecular formula is C15H24N2O. The van der Waals surface area contributed by atoms with Crippen molar-refractivity contribution in [2.45, 2.75) is 38.3 Å². The Morgan fingerprint density at radius 2 is 1.72 bits per heavy atom. The Morgan fingerprint density at radius 3 is 2.22 bits per heavy atom. The van der Waals surface area contributed by atoms with Gasteiger partial charge in [-0.3, -0.25) is 0 Å². The number of piperidine rings is 1. The van der Waals surface area contributed by atoms with Gasteiger partial charge in [0.05, 0.1) is 6.10 Å². The van der Waals surface area contributed by atoms with Crippen LogP contribution in [0, 0.1) is 0 Å². The van der Waals surface area contributed by atoms with E-state index in [2.05, 4.69) is 24.1 Å². The van der Waals surface area contributed by atoms with E-state index in [1.807, 2.05) is 26.0 Å². The van der Waals surface area contributed by atoms with Crippen LogP contribution in [0.5, 0.6) is 5.75 Å². The maximum Gasteiger partial charge on any atom is 0.119 e. The molecule has 0 aliphatic carbocycles. The molecule has 1 aromatic rings. The smallest absolute Gasteiger partial charge is 0.119 e. The van der Waals surface area contributed by atoms with E-state index < -0.39 is 0 Å². The fourth-order valence-electron chi connectivity index (χ4n) is 2.44.